The maximum absolute atomic E-state index is 13.3. The monoisotopic (exact) mass is 296 g/mol. The molecule has 0 spiro atoms. The zero-order chi connectivity index (χ0) is 14.4. The molecule has 0 aliphatic carbocycles. The molecule has 0 radical (unpaired) electrons. The van der Waals surface area contributed by atoms with Gasteiger partial charge in [0.1, 0.15) is 5.82 Å². The van der Waals surface area contributed by atoms with Crippen LogP contribution in [0.3, 0.4) is 0 Å². The molecule has 1 aromatic carbocycles. The SMILES string of the molecule is Cn1ccnc1SCC(O)COCc1ccccc1F. The molecule has 0 aliphatic heterocycles. The van der Waals surface area contributed by atoms with Gasteiger partial charge in [0.05, 0.1) is 19.3 Å². The molecule has 0 amide bonds. The number of aryl methyl sites for hydroxylation is 1. The topological polar surface area (TPSA) is 47.3 Å². The first kappa shape index (κ1) is 15.0. The smallest absolute Gasteiger partial charge is 0.167 e. The molecule has 0 saturated heterocycles. The number of aliphatic hydroxyl groups excluding tert-OH is 1. The maximum atomic E-state index is 13.3. The molecule has 20 heavy (non-hydrogen) atoms. The van der Waals surface area contributed by atoms with Gasteiger partial charge in [-0.1, -0.05) is 30.0 Å². The van der Waals surface area contributed by atoms with Crippen LogP contribution in [0, 0.1) is 5.82 Å². The van der Waals surface area contributed by atoms with Crippen molar-refractivity contribution in [2.24, 2.45) is 7.05 Å². The summed E-state index contributed by atoms with van der Waals surface area (Å²) in [5, 5.41) is 10.7. The number of rotatable bonds is 7. The number of ether oxygens (including phenoxy) is 1. The first-order chi connectivity index (χ1) is 9.66. The van der Waals surface area contributed by atoms with Gasteiger partial charge in [-0.3, -0.25) is 0 Å². The molecule has 4 nitrogen and oxygen atoms in total. The number of hydrogen-bond donors (Lipinski definition) is 1. The van der Waals surface area contributed by atoms with Crippen LogP contribution in [-0.4, -0.2) is 33.1 Å². The third-order valence-electron chi connectivity index (χ3n) is 2.71. The summed E-state index contributed by atoms with van der Waals surface area (Å²) < 4.78 is 20.6. The Morgan fingerprint density at radius 3 is 2.95 bits per heavy atom. The van der Waals surface area contributed by atoms with E-state index in [1.54, 1.807) is 24.4 Å². The molecule has 2 rings (SSSR count). The Bertz CT molecular complexity index is 547. The van der Waals surface area contributed by atoms with Crippen LogP contribution in [0.5, 0.6) is 0 Å². The highest BCUT2D eigenvalue weighted by Gasteiger charge is 2.09. The predicted octanol–water partition coefficient (Wildman–Crippen LogP) is 2.23. The highest BCUT2D eigenvalue weighted by atomic mass is 32.2. The normalized spacial score (nSPS) is 12.6. The number of thioether (sulfide) groups is 1. The van der Waals surface area contributed by atoms with E-state index in [4.69, 9.17) is 4.74 Å². The average molecular weight is 296 g/mol. The third-order valence-corrected chi connectivity index (χ3v) is 3.91. The molecular weight excluding hydrogens is 279 g/mol. The van der Waals surface area contributed by atoms with Crippen molar-refractivity contribution in [3.05, 3.63) is 48.0 Å². The number of benzene rings is 1. The van der Waals surface area contributed by atoms with Crippen LogP contribution >= 0.6 is 11.8 Å². The third kappa shape index (κ3) is 4.33. The van der Waals surface area contributed by atoms with Crippen LogP contribution in [0.1, 0.15) is 5.56 Å². The lowest BCUT2D eigenvalue weighted by atomic mass is 10.2. The van der Waals surface area contributed by atoms with E-state index >= 15 is 0 Å². The van der Waals surface area contributed by atoms with Gasteiger partial charge < -0.3 is 14.4 Å². The first-order valence-electron chi connectivity index (χ1n) is 6.26. The molecule has 1 heterocycles. The second kappa shape index (κ2) is 7.42. The quantitative estimate of drug-likeness (QED) is 0.796. The minimum atomic E-state index is -0.608. The molecule has 1 aromatic heterocycles. The molecular formula is C14H17FN2O2S. The van der Waals surface area contributed by atoms with Gasteiger partial charge in [-0.15, -0.1) is 0 Å². The number of imidazole rings is 1. The molecule has 0 fully saturated rings. The molecule has 2 aromatic rings. The van der Waals surface area contributed by atoms with E-state index in [1.165, 1.54) is 17.8 Å². The highest BCUT2D eigenvalue weighted by Crippen LogP contribution is 2.16. The fraction of sp³-hybridized carbons (Fsp3) is 0.357. The van der Waals surface area contributed by atoms with Crippen molar-refractivity contribution in [1.29, 1.82) is 0 Å². The van der Waals surface area contributed by atoms with Crippen molar-refractivity contribution in [3.63, 3.8) is 0 Å². The Kier molecular flexibility index (Phi) is 5.58. The number of aromatic nitrogens is 2. The molecule has 0 aliphatic rings. The van der Waals surface area contributed by atoms with Gasteiger partial charge in [-0.05, 0) is 6.07 Å². The molecule has 1 unspecified atom stereocenters. The minimum absolute atomic E-state index is 0.163. The van der Waals surface area contributed by atoms with E-state index in [-0.39, 0.29) is 19.0 Å². The summed E-state index contributed by atoms with van der Waals surface area (Å²) in [6, 6.07) is 6.46. The molecule has 1 atom stereocenters. The molecule has 0 bridgehead atoms. The van der Waals surface area contributed by atoms with Crippen LogP contribution in [0.15, 0.2) is 41.8 Å². The van der Waals surface area contributed by atoms with Gasteiger partial charge in [0, 0.05) is 30.8 Å². The molecule has 0 saturated carbocycles. The Hall–Kier alpha value is -1.37. The van der Waals surface area contributed by atoms with Crippen LogP contribution < -0.4 is 0 Å². The van der Waals surface area contributed by atoms with Gasteiger partial charge in [-0.2, -0.15) is 0 Å². The van der Waals surface area contributed by atoms with Gasteiger partial charge in [0.25, 0.3) is 0 Å². The Morgan fingerprint density at radius 1 is 1.45 bits per heavy atom. The van der Waals surface area contributed by atoms with E-state index in [9.17, 15) is 9.50 Å². The zero-order valence-electron chi connectivity index (χ0n) is 11.2. The summed E-state index contributed by atoms with van der Waals surface area (Å²) in [5.41, 5.74) is 0.497. The number of nitrogens with zero attached hydrogens (tertiary/aromatic N) is 2. The van der Waals surface area contributed by atoms with Crippen LogP contribution in [0.25, 0.3) is 0 Å². The Labute approximate surface area is 121 Å². The predicted molar refractivity (Wildman–Crippen MR) is 76.0 cm³/mol. The van der Waals surface area contributed by atoms with E-state index in [0.717, 1.165) is 5.16 Å². The van der Waals surface area contributed by atoms with E-state index < -0.39 is 6.10 Å². The van der Waals surface area contributed by atoms with Crippen molar-refractivity contribution in [3.8, 4) is 0 Å². The fourth-order valence-corrected chi connectivity index (χ4v) is 2.47. The largest absolute Gasteiger partial charge is 0.390 e. The van der Waals surface area contributed by atoms with Crippen molar-refractivity contribution < 1.29 is 14.2 Å². The second-order valence-electron chi connectivity index (χ2n) is 4.39. The first-order valence-corrected chi connectivity index (χ1v) is 7.24. The second-order valence-corrected chi connectivity index (χ2v) is 5.38. The molecule has 6 heteroatoms. The minimum Gasteiger partial charge on any atom is -0.390 e. The maximum Gasteiger partial charge on any atom is 0.167 e. The van der Waals surface area contributed by atoms with E-state index in [0.29, 0.717) is 11.3 Å². The lowest BCUT2D eigenvalue weighted by Crippen LogP contribution is -2.18. The highest BCUT2D eigenvalue weighted by molar-refractivity contribution is 7.99. The Balaban J connectivity index is 1.69. The lowest BCUT2D eigenvalue weighted by Gasteiger charge is -2.11. The summed E-state index contributed by atoms with van der Waals surface area (Å²) in [4.78, 5) is 4.15. The van der Waals surface area contributed by atoms with Gasteiger partial charge in [0.2, 0.25) is 0 Å². The summed E-state index contributed by atoms with van der Waals surface area (Å²) in [6.07, 6.45) is 2.95. The number of halogens is 1. The summed E-state index contributed by atoms with van der Waals surface area (Å²) in [6.45, 7) is 0.336. The van der Waals surface area contributed by atoms with E-state index in [2.05, 4.69) is 4.98 Å². The standard InChI is InChI=1S/C14H17FN2O2S/c1-17-7-6-16-14(17)20-10-12(18)9-19-8-11-4-2-3-5-13(11)15/h2-7,12,18H,8-10H2,1H3. The van der Waals surface area contributed by atoms with Crippen LogP contribution in [0.4, 0.5) is 4.39 Å². The van der Waals surface area contributed by atoms with E-state index in [1.807, 2.05) is 17.8 Å². The summed E-state index contributed by atoms with van der Waals surface area (Å²) in [7, 11) is 1.90. The lowest BCUT2D eigenvalue weighted by molar-refractivity contribution is 0.0386. The number of aliphatic hydroxyl groups is 1. The Morgan fingerprint density at radius 2 is 2.25 bits per heavy atom. The summed E-state index contributed by atoms with van der Waals surface area (Å²) >= 11 is 1.46. The van der Waals surface area contributed by atoms with Crippen LogP contribution in [-0.2, 0) is 18.4 Å². The van der Waals surface area contributed by atoms with Crippen molar-refractivity contribution >= 4 is 11.8 Å². The number of hydrogen-bond acceptors (Lipinski definition) is 4. The average Bonchev–Trinajstić information content (AvgIpc) is 2.84. The van der Waals surface area contributed by atoms with Crippen molar-refractivity contribution in [2.75, 3.05) is 12.4 Å². The van der Waals surface area contributed by atoms with Gasteiger partial charge >= 0.3 is 0 Å². The van der Waals surface area contributed by atoms with Crippen molar-refractivity contribution in [1.82, 2.24) is 9.55 Å². The summed E-state index contributed by atoms with van der Waals surface area (Å²) in [5.74, 6) is 0.201. The molecule has 1 N–H and O–H groups in total. The van der Waals surface area contributed by atoms with Crippen LogP contribution in [0.2, 0.25) is 0 Å². The van der Waals surface area contributed by atoms with Crippen molar-refractivity contribution in [2.45, 2.75) is 17.9 Å². The van der Waals surface area contributed by atoms with Gasteiger partial charge in [-0.25, -0.2) is 9.37 Å². The fourth-order valence-electron chi connectivity index (χ4n) is 1.63. The molecule has 108 valence electrons. The van der Waals surface area contributed by atoms with Gasteiger partial charge in [0.15, 0.2) is 5.16 Å². The zero-order valence-corrected chi connectivity index (χ0v) is 12.0.